The second-order valence-electron chi connectivity index (χ2n) is 23.4. The molecule has 2 aromatic rings. The number of nitrogens with zero attached hydrogens (tertiary/aromatic N) is 5. The molecule has 3 N–H and O–H groups in total. The van der Waals surface area contributed by atoms with E-state index in [4.69, 9.17) is 33.3 Å². The summed E-state index contributed by atoms with van der Waals surface area (Å²) in [6, 6.07) is 4.53. The van der Waals surface area contributed by atoms with Crippen LogP contribution in [-0.4, -0.2) is 227 Å². The molecule has 0 aliphatic carbocycles. The van der Waals surface area contributed by atoms with Crippen molar-refractivity contribution in [1.82, 2.24) is 40.3 Å². The van der Waals surface area contributed by atoms with Gasteiger partial charge in [-0.15, -0.1) is 0 Å². The molecule has 3 fully saturated rings. The van der Waals surface area contributed by atoms with E-state index in [2.05, 4.69) is 22.5 Å². The van der Waals surface area contributed by atoms with E-state index in [1.165, 1.54) is 5.06 Å². The third-order valence-electron chi connectivity index (χ3n) is 17.1. The fourth-order valence-electron chi connectivity index (χ4n) is 12.1. The first-order valence-electron chi connectivity index (χ1n) is 30.3. The first-order valence-corrected chi connectivity index (χ1v) is 30.3. The number of hydrogen-bond acceptors (Lipinski definition) is 14. The number of nitrogens with one attached hydrogen (secondary N) is 3. The van der Waals surface area contributed by atoms with Gasteiger partial charge in [0.1, 0.15) is 12.1 Å². The lowest BCUT2D eigenvalue weighted by molar-refractivity contribution is -0.199. The summed E-state index contributed by atoms with van der Waals surface area (Å²) >= 11 is 0. The Labute approximate surface area is 488 Å². The van der Waals surface area contributed by atoms with Crippen molar-refractivity contribution in [2.24, 2.45) is 23.7 Å². The first kappa shape index (κ1) is 68.0. The number of carbonyl (C=O) groups excluding carboxylic acids is 6. The predicted octanol–water partition coefficient (Wildman–Crippen LogP) is 5.23. The van der Waals surface area contributed by atoms with Gasteiger partial charge in [0.15, 0.2) is 0 Å². The molecule has 4 heterocycles. The zero-order chi connectivity index (χ0) is 60.1. The molecule has 1 aromatic heterocycles. The summed E-state index contributed by atoms with van der Waals surface area (Å²) in [4.78, 5) is 101. The molecule has 0 saturated carbocycles. The second-order valence-corrected chi connectivity index (χ2v) is 23.4. The number of benzene rings is 1. The van der Waals surface area contributed by atoms with Gasteiger partial charge in [-0.05, 0) is 75.5 Å². The molecule has 10 atom stereocenters. The predicted molar refractivity (Wildman–Crippen MR) is 313 cm³/mol. The third kappa shape index (κ3) is 18.4. The summed E-state index contributed by atoms with van der Waals surface area (Å²) in [5.41, 5.74) is 1.42. The van der Waals surface area contributed by atoms with Crippen molar-refractivity contribution in [2.45, 2.75) is 168 Å². The highest BCUT2D eigenvalue weighted by molar-refractivity contribution is 5.91. The lowest BCUT2D eigenvalue weighted by Gasteiger charge is -2.41. The second kappa shape index (κ2) is 33.7. The molecule has 5 rings (SSSR count). The number of methoxy groups -OCH3 is 2. The van der Waals surface area contributed by atoms with Crippen LogP contribution >= 0.6 is 0 Å². The van der Waals surface area contributed by atoms with Crippen LogP contribution in [0.2, 0.25) is 0 Å². The molecular weight excluding hydrogens is 1050 g/mol. The average Bonchev–Trinajstić information content (AvgIpc) is 4.21. The number of aromatic nitrogens is 1. The maximum atomic E-state index is 14.8. The van der Waals surface area contributed by atoms with Gasteiger partial charge in [-0.2, -0.15) is 0 Å². The van der Waals surface area contributed by atoms with Crippen LogP contribution < -0.4 is 10.6 Å². The molecular formula is C61H102N8O13. The molecule has 21 heteroatoms. The molecule has 3 saturated heterocycles. The van der Waals surface area contributed by atoms with Crippen molar-refractivity contribution in [3.63, 3.8) is 0 Å². The smallest absolute Gasteiger partial charge is 0.269 e. The summed E-state index contributed by atoms with van der Waals surface area (Å²) < 4.78 is 35.5. The van der Waals surface area contributed by atoms with Crippen LogP contribution in [0.15, 0.2) is 30.5 Å². The van der Waals surface area contributed by atoms with Crippen LogP contribution in [0.25, 0.3) is 10.9 Å². The number of likely N-dealkylation sites (N-methyl/N-ethyl adjacent to an activating group) is 2. The van der Waals surface area contributed by atoms with Crippen LogP contribution in [0.3, 0.4) is 0 Å². The van der Waals surface area contributed by atoms with E-state index in [9.17, 15) is 28.8 Å². The molecule has 464 valence electrons. The van der Waals surface area contributed by atoms with E-state index in [0.717, 1.165) is 35.7 Å². The monoisotopic (exact) mass is 1150 g/mol. The summed E-state index contributed by atoms with van der Waals surface area (Å²) in [5, 5.41) is 8.51. The number of aromatic amines is 1. The Bertz CT molecular complexity index is 2310. The quantitative estimate of drug-likeness (QED) is 0.0744. The highest BCUT2D eigenvalue weighted by Crippen LogP contribution is 2.32. The van der Waals surface area contributed by atoms with Gasteiger partial charge >= 0.3 is 0 Å². The van der Waals surface area contributed by atoms with Gasteiger partial charge in [-0.1, -0.05) is 80.0 Å². The maximum absolute atomic E-state index is 14.8. The van der Waals surface area contributed by atoms with Gasteiger partial charge < -0.3 is 58.7 Å². The van der Waals surface area contributed by atoms with E-state index in [1.54, 1.807) is 38.0 Å². The molecule has 82 heavy (non-hydrogen) atoms. The Balaban J connectivity index is 1.14. The van der Waals surface area contributed by atoms with E-state index in [0.29, 0.717) is 111 Å². The van der Waals surface area contributed by atoms with Gasteiger partial charge in [0.25, 0.3) is 5.91 Å². The van der Waals surface area contributed by atoms with E-state index >= 15 is 0 Å². The van der Waals surface area contributed by atoms with E-state index in [1.807, 2.05) is 95.8 Å². The Hall–Kier alpha value is -4.74. The Morgan fingerprint density at radius 3 is 2.16 bits per heavy atom. The fraction of sp³-hybridized carbons (Fsp3) is 0.770. The van der Waals surface area contributed by atoms with Crippen LogP contribution in [0, 0.1) is 23.7 Å². The van der Waals surface area contributed by atoms with Gasteiger partial charge in [0, 0.05) is 77.6 Å². The maximum Gasteiger partial charge on any atom is 0.269 e. The first-order chi connectivity index (χ1) is 39.3. The molecule has 21 nitrogen and oxygen atoms in total. The standard InChI is InChI=1S/C61H102N8O13/c1-14-43(8)55(66(11)60(75)53(41(4)5)64-58(73)54(42(6)7)65(10)27-30-78-32-34-80-35-33-79-31-28-67-40-61(15-2,81-16-3)38-52(67)71)50(76-12)37-51(70)68-25-21-24-49(68)56(77-13)44(9)57(72)63-48(59(74)69-26-19-20-29-82-69)36-45-39-62-47-23-18-17-22-46(45)47/h17-18,22-23,39,41-44,48-50,53-56,62H,14-16,19-21,24-38,40H2,1-13H3,(H,63,72)(H,64,73)/t43-,44+,48-,49-,50+,53-,54?,55-,56+,61?/m0/s1. The summed E-state index contributed by atoms with van der Waals surface area (Å²) in [6.45, 7) is 23.4. The number of hydroxylamine groups is 2. The largest absolute Gasteiger partial charge is 0.379 e. The number of para-hydroxylation sites is 1. The van der Waals surface area contributed by atoms with Crippen LogP contribution in [0.4, 0.5) is 0 Å². The lowest BCUT2D eigenvalue weighted by Crippen LogP contribution is -2.60. The number of carbonyl (C=O) groups is 6. The Morgan fingerprint density at radius 2 is 1.54 bits per heavy atom. The van der Waals surface area contributed by atoms with Crippen molar-refractivity contribution in [3.05, 3.63) is 36.0 Å². The van der Waals surface area contributed by atoms with Crippen molar-refractivity contribution in [3.8, 4) is 0 Å². The Morgan fingerprint density at radius 1 is 0.841 bits per heavy atom. The van der Waals surface area contributed by atoms with Crippen molar-refractivity contribution < 1.29 is 62.0 Å². The topological polar surface area (TPSA) is 223 Å². The fourth-order valence-corrected chi connectivity index (χ4v) is 12.1. The minimum absolute atomic E-state index is 0.0337. The molecule has 2 unspecified atom stereocenters. The SMILES string of the molecule is CCOC1(CC)CC(=O)N(CCOCCOCCOCCN(C)C(C(=O)N[C@H](C(=O)N(C)[C@@H]([C@@H](C)CC)[C@@H](CC(=O)N2CCC[C@H]2[C@H](OC)[C@@H](C)C(=O)N[C@@H](Cc2c[nH]c3ccccc23)C(=O)N2CCCCO2)OC)C(C)C)C(C)C)C1. The van der Waals surface area contributed by atoms with Gasteiger partial charge in [-0.25, -0.2) is 5.06 Å². The minimum Gasteiger partial charge on any atom is -0.379 e. The number of amides is 6. The van der Waals surface area contributed by atoms with Crippen molar-refractivity contribution in [2.75, 3.05) is 114 Å². The molecule has 3 aliphatic heterocycles. The van der Waals surface area contributed by atoms with Crippen LogP contribution in [0.5, 0.6) is 0 Å². The normalized spacial score (nSPS) is 20.8. The average molecular weight is 1160 g/mol. The zero-order valence-corrected chi connectivity index (χ0v) is 51.8. The number of likely N-dealkylation sites (tertiary alicyclic amines) is 2. The number of fused-ring (bicyclic) bond motifs is 1. The zero-order valence-electron chi connectivity index (χ0n) is 51.8. The third-order valence-corrected chi connectivity index (χ3v) is 17.1. The van der Waals surface area contributed by atoms with E-state index in [-0.39, 0.29) is 66.0 Å². The van der Waals surface area contributed by atoms with Crippen LogP contribution in [-0.2, 0) is 68.4 Å². The summed E-state index contributed by atoms with van der Waals surface area (Å²) in [6.07, 6.45) is 5.53. The van der Waals surface area contributed by atoms with Gasteiger partial charge in [0.2, 0.25) is 29.5 Å². The molecule has 6 amide bonds. The summed E-state index contributed by atoms with van der Waals surface area (Å²) in [5.74, 6) is -2.52. The Kier molecular flexibility index (Phi) is 27.9. The lowest BCUT2D eigenvalue weighted by atomic mass is 9.89. The van der Waals surface area contributed by atoms with Gasteiger partial charge in [-0.3, -0.25) is 38.5 Å². The highest BCUT2D eigenvalue weighted by atomic mass is 16.7. The number of H-pyrrole nitrogens is 1. The highest BCUT2D eigenvalue weighted by Gasteiger charge is 2.45. The van der Waals surface area contributed by atoms with E-state index < -0.39 is 53.9 Å². The molecule has 0 radical (unpaired) electrons. The van der Waals surface area contributed by atoms with Crippen LogP contribution in [0.1, 0.15) is 119 Å². The van der Waals surface area contributed by atoms with Gasteiger partial charge in [0.05, 0.1) is 107 Å². The number of ether oxygens (including phenoxy) is 6. The molecule has 1 aromatic carbocycles. The van der Waals surface area contributed by atoms with Crippen molar-refractivity contribution in [1.29, 1.82) is 0 Å². The molecule has 0 spiro atoms. The minimum atomic E-state index is -0.912. The number of rotatable bonds is 36. The molecule has 0 bridgehead atoms. The molecule has 3 aliphatic rings. The van der Waals surface area contributed by atoms with Crippen molar-refractivity contribution >= 4 is 46.3 Å². The number of hydrogen-bond donors (Lipinski definition) is 3. The summed E-state index contributed by atoms with van der Waals surface area (Å²) in [7, 11) is 6.70.